The zero-order chi connectivity index (χ0) is 11.1. The van der Waals surface area contributed by atoms with Crippen molar-refractivity contribution in [3.63, 3.8) is 0 Å². The molecule has 15 heavy (non-hydrogen) atoms. The quantitative estimate of drug-likeness (QED) is 0.601. The van der Waals surface area contributed by atoms with E-state index in [2.05, 4.69) is 24.5 Å². The maximum atomic E-state index is 11.4. The summed E-state index contributed by atoms with van der Waals surface area (Å²) >= 11 is 0. The van der Waals surface area contributed by atoms with Crippen molar-refractivity contribution in [1.82, 2.24) is 10.6 Å². The lowest BCUT2D eigenvalue weighted by atomic mass is 10.0. The number of hydrogen-bond donors (Lipinski definition) is 2. The molecule has 0 aromatic rings. The van der Waals surface area contributed by atoms with Crippen LogP contribution in [0.3, 0.4) is 0 Å². The Kier molecular flexibility index (Phi) is 5.09. The van der Waals surface area contributed by atoms with Crippen LogP contribution in [-0.2, 0) is 4.79 Å². The molecule has 0 radical (unpaired) electrons. The lowest BCUT2D eigenvalue weighted by Crippen LogP contribution is -2.37. The molecule has 1 aliphatic rings. The van der Waals surface area contributed by atoms with Crippen LogP contribution in [-0.4, -0.2) is 25.5 Å². The van der Waals surface area contributed by atoms with Gasteiger partial charge in [0.25, 0.3) is 0 Å². The maximum absolute atomic E-state index is 11.4. The van der Waals surface area contributed by atoms with E-state index >= 15 is 0 Å². The van der Waals surface area contributed by atoms with Crippen LogP contribution in [0.25, 0.3) is 0 Å². The number of carbonyl (C=O) groups is 1. The van der Waals surface area contributed by atoms with Crippen LogP contribution < -0.4 is 10.6 Å². The average Bonchev–Trinajstić information content (AvgIpc) is 2.97. The molecule has 0 heterocycles. The molecule has 0 spiro atoms. The van der Waals surface area contributed by atoms with Crippen molar-refractivity contribution in [2.75, 3.05) is 19.6 Å². The van der Waals surface area contributed by atoms with E-state index in [1.54, 1.807) is 0 Å². The van der Waals surface area contributed by atoms with Crippen molar-refractivity contribution >= 4 is 5.91 Å². The molecule has 0 bridgehead atoms. The number of rotatable bonds is 8. The second kappa shape index (κ2) is 6.11. The standard InChI is InChI=1S/C12H24N2O/c1-3-5-12(6-7-12)10-14-11(15)9-13-8-4-2/h13H,3-10H2,1-2H3,(H,14,15). The van der Waals surface area contributed by atoms with Gasteiger partial charge in [0.05, 0.1) is 6.54 Å². The zero-order valence-electron chi connectivity index (χ0n) is 10.1. The van der Waals surface area contributed by atoms with E-state index in [1.165, 1.54) is 25.7 Å². The minimum atomic E-state index is 0.144. The summed E-state index contributed by atoms with van der Waals surface area (Å²) < 4.78 is 0. The van der Waals surface area contributed by atoms with Crippen molar-refractivity contribution in [3.05, 3.63) is 0 Å². The molecular formula is C12H24N2O. The van der Waals surface area contributed by atoms with E-state index in [0.717, 1.165) is 19.5 Å². The predicted molar refractivity (Wildman–Crippen MR) is 62.7 cm³/mol. The number of hydrogen-bond acceptors (Lipinski definition) is 2. The molecule has 0 unspecified atom stereocenters. The van der Waals surface area contributed by atoms with Gasteiger partial charge in [-0.1, -0.05) is 20.3 Å². The molecule has 1 aliphatic carbocycles. The van der Waals surface area contributed by atoms with E-state index in [1.807, 2.05) is 0 Å². The first-order valence-electron chi connectivity index (χ1n) is 6.20. The summed E-state index contributed by atoms with van der Waals surface area (Å²) in [4.78, 5) is 11.4. The fourth-order valence-corrected chi connectivity index (χ4v) is 1.95. The minimum Gasteiger partial charge on any atom is -0.354 e. The van der Waals surface area contributed by atoms with Crippen molar-refractivity contribution < 1.29 is 4.79 Å². The fourth-order valence-electron chi connectivity index (χ4n) is 1.95. The first kappa shape index (κ1) is 12.5. The molecule has 1 saturated carbocycles. The number of amides is 1. The van der Waals surface area contributed by atoms with Crippen LogP contribution >= 0.6 is 0 Å². The Bertz CT molecular complexity index is 200. The second-order valence-corrected chi connectivity index (χ2v) is 4.70. The molecule has 2 N–H and O–H groups in total. The van der Waals surface area contributed by atoms with Crippen LogP contribution in [0.2, 0.25) is 0 Å². The second-order valence-electron chi connectivity index (χ2n) is 4.70. The van der Waals surface area contributed by atoms with Crippen molar-refractivity contribution in [2.24, 2.45) is 5.41 Å². The molecule has 1 amide bonds. The van der Waals surface area contributed by atoms with Crippen LogP contribution in [0.4, 0.5) is 0 Å². The Morgan fingerprint density at radius 3 is 2.53 bits per heavy atom. The zero-order valence-corrected chi connectivity index (χ0v) is 10.1. The molecule has 3 heteroatoms. The number of nitrogens with one attached hydrogen (secondary N) is 2. The third-order valence-electron chi connectivity index (χ3n) is 3.11. The molecule has 3 nitrogen and oxygen atoms in total. The molecule has 1 fully saturated rings. The van der Waals surface area contributed by atoms with Gasteiger partial charge >= 0.3 is 0 Å². The summed E-state index contributed by atoms with van der Waals surface area (Å²) in [5.74, 6) is 0.144. The molecule has 88 valence electrons. The highest BCUT2D eigenvalue weighted by Crippen LogP contribution is 2.48. The molecular weight excluding hydrogens is 188 g/mol. The fraction of sp³-hybridized carbons (Fsp3) is 0.917. The van der Waals surface area contributed by atoms with E-state index in [9.17, 15) is 4.79 Å². The predicted octanol–water partition coefficient (Wildman–Crippen LogP) is 1.68. The average molecular weight is 212 g/mol. The molecule has 1 rings (SSSR count). The lowest BCUT2D eigenvalue weighted by molar-refractivity contribution is -0.120. The van der Waals surface area contributed by atoms with Gasteiger partial charge in [-0.2, -0.15) is 0 Å². The van der Waals surface area contributed by atoms with Gasteiger partial charge in [-0.15, -0.1) is 0 Å². The summed E-state index contributed by atoms with van der Waals surface area (Å²) in [7, 11) is 0. The summed E-state index contributed by atoms with van der Waals surface area (Å²) in [5, 5.41) is 6.14. The highest BCUT2D eigenvalue weighted by atomic mass is 16.1. The monoisotopic (exact) mass is 212 g/mol. The van der Waals surface area contributed by atoms with E-state index in [4.69, 9.17) is 0 Å². The number of carbonyl (C=O) groups excluding carboxylic acids is 1. The Labute approximate surface area is 93.0 Å². The Hall–Kier alpha value is -0.570. The lowest BCUT2D eigenvalue weighted by Gasteiger charge is -2.14. The maximum Gasteiger partial charge on any atom is 0.233 e. The largest absolute Gasteiger partial charge is 0.354 e. The molecule has 0 aliphatic heterocycles. The van der Waals surface area contributed by atoms with Gasteiger partial charge in [0.1, 0.15) is 0 Å². The Balaban J connectivity index is 2.06. The SMILES string of the molecule is CCCNCC(=O)NCC1(CCC)CC1. The molecule has 0 saturated heterocycles. The molecule has 0 atom stereocenters. The minimum absolute atomic E-state index is 0.144. The van der Waals surface area contributed by atoms with Crippen molar-refractivity contribution in [3.8, 4) is 0 Å². The van der Waals surface area contributed by atoms with Crippen molar-refractivity contribution in [2.45, 2.75) is 46.0 Å². The van der Waals surface area contributed by atoms with Gasteiger partial charge < -0.3 is 10.6 Å². The van der Waals surface area contributed by atoms with Crippen molar-refractivity contribution in [1.29, 1.82) is 0 Å². The third-order valence-corrected chi connectivity index (χ3v) is 3.11. The smallest absolute Gasteiger partial charge is 0.233 e. The summed E-state index contributed by atoms with van der Waals surface area (Å²) in [6, 6.07) is 0. The summed E-state index contributed by atoms with van der Waals surface area (Å²) in [6.45, 7) is 6.59. The van der Waals surface area contributed by atoms with Crippen LogP contribution in [0.15, 0.2) is 0 Å². The van der Waals surface area contributed by atoms with Gasteiger partial charge in [0, 0.05) is 6.54 Å². The van der Waals surface area contributed by atoms with Gasteiger partial charge in [0.2, 0.25) is 5.91 Å². The highest BCUT2D eigenvalue weighted by molar-refractivity contribution is 5.78. The summed E-state index contributed by atoms with van der Waals surface area (Å²) in [5.41, 5.74) is 0.467. The van der Waals surface area contributed by atoms with Crippen LogP contribution in [0.5, 0.6) is 0 Å². The van der Waals surface area contributed by atoms with Gasteiger partial charge in [-0.3, -0.25) is 4.79 Å². The Morgan fingerprint density at radius 2 is 2.00 bits per heavy atom. The highest BCUT2D eigenvalue weighted by Gasteiger charge is 2.41. The molecule has 0 aromatic heterocycles. The summed E-state index contributed by atoms with van der Waals surface area (Å²) in [6.07, 6.45) is 6.15. The molecule has 0 aromatic carbocycles. The van der Waals surface area contributed by atoms with E-state index in [0.29, 0.717) is 12.0 Å². The van der Waals surface area contributed by atoms with Gasteiger partial charge in [-0.25, -0.2) is 0 Å². The van der Waals surface area contributed by atoms with E-state index in [-0.39, 0.29) is 5.91 Å². The van der Waals surface area contributed by atoms with Gasteiger partial charge in [0.15, 0.2) is 0 Å². The normalized spacial score (nSPS) is 17.5. The van der Waals surface area contributed by atoms with Crippen LogP contribution in [0, 0.1) is 5.41 Å². The van der Waals surface area contributed by atoms with E-state index < -0.39 is 0 Å². The van der Waals surface area contributed by atoms with Gasteiger partial charge in [-0.05, 0) is 37.6 Å². The third kappa shape index (κ3) is 4.65. The first-order valence-corrected chi connectivity index (χ1v) is 6.20. The topological polar surface area (TPSA) is 41.1 Å². The first-order chi connectivity index (χ1) is 7.22. The van der Waals surface area contributed by atoms with Crippen LogP contribution in [0.1, 0.15) is 46.0 Å². The Morgan fingerprint density at radius 1 is 1.27 bits per heavy atom.